The Morgan fingerprint density at radius 1 is 1.41 bits per heavy atom. The lowest BCUT2D eigenvalue weighted by molar-refractivity contribution is -0.143. The molecule has 1 aliphatic heterocycles. The molecule has 100 valence electrons. The highest BCUT2D eigenvalue weighted by Gasteiger charge is 2.30. The van der Waals surface area contributed by atoms with Gasteiger partial charge in [0.1, 0.15) is 0 Å². The largest absolute Gasteiger partial charge is 0.377 e. The van der Waals surface area contributed by atoms with Crippen LogP contribution in [0.1, 0.15) is 39.5 Å². The van der Waals surface area contributed by atoms with Crippen molar-refractivity contribution in [2.45, 2.75) is 45.6 Å². The number of hydrogen-bond acceptors (Lipinski definition) is 2. The second-order valence-electron chi connectivity index (χ2n) is 4.69. The molecule has 0 aliphatic carbocycles. The van der Waals surface area contributed by atoms with Gasteiger partial charge in [0.15, 0.2) is 0 Å². The topological polar surface area (TPSA) is 29.5 Å². The van der Waals surface area contributed by atoms with Crippen LogP contribution in [0.25, 0.3) is 0 Å². The predicted octanol–water partition coefficient (Wildman–Crippen LogP) is 2.83. The van der Waals surface area contributed by atoms with Crippen LogP contribution in [0.3, 0.4) is 0 Å². The first-order valence-corrected chi connectivity index (χ1v) is 7.80. The Morgan fingerprint density at radius 3 is 2.59 bits per heavy atom. The Balaban J connectivity index is 2.62. The molecule has 1 aliphatic rings. The molecule has 17 heavy (non-hydrogen) atoms. The van der Waals surface area contributed by atoms with E-state index in [1.54, 1.807) is 0 Å². The molecule has 4 heteroatoms. The van der Waals surface area contributed by atoms with Crippen LogP contribution < -0.4 is 0 Å². The van der Waals surface area contributed by atoms with Crippen molar-refractivity contribution in [3.05, 3.63) is 0 Å². The number of hydrogen-bond donors (Lipinski definition) is 0. The number of alkyl halides is 1. The quantitative estimate of drug-likeness (QED) is 0.706. The zero-order valence-electron chi connectivity index (χ0n) is 11.0. The SMILES string of the molecule is CCCC(CCC)C(=O)N1CCOCC1CBr. The maximum Gasteiger partial charge on any atom is 0.226 e. The van der Waals surface area contributed by atoms with E-state index in [1.165, 1.54) is 0 Å². The Bertz CT molecular complexity index is 229. The highest BCUT2D eigenvalue weighted by Crippen LogP contribution is 2.20. The van der Waals surface area contributed by atoms with E-state index in [4.69, 9.17) is 4.74 Å². The van der Waals surface area contributed by atoms with Gasteiger partial charge in [0.05, 0.1) is 19.3 Å². The molecule has 1 atom stereocenters. The van der Waals surface area contributed by atoms with Crippen molar-refractivity contribution in [2.75, 3.05) is 25.1 Å². The molecule has 0 radical (unpaired) electrons. The van der Waals surface area contributed by atoms with E-state index >= 15 is 0 Å². The van der Waals surface area contributed by atoms with Crippen LogP contribution in [0, 0.1) is 5.92 Å². The highest BCUT2D eigenvalue weighted by molar-refractivity contribution is 9.09. The first-order chi connectivity index (χ1) is 8.24. The van der Waals surface area contributed by atoms with E-state index in [1.807, 2.05) is 4.90 Å². The van der Waals surface area contributed by atoms with Crippen LogP contribution in [0.4, 0.5) is 0 Å². The van der Waals surface area contributed by atoms with Gasteiger partial charge in [0.25, 0.3) is 0 Å². The fourth-order valence-corrected chi connectivity index (χ4v) is 2.93. The standard InChI is InChI=1S/C13H24BrNO2/c1-3-5-11(6-4-2)13(16)15-7-8-17-10-12(15)9-14/h11-12H,3-10H2,1-2H3. The molecule has 1 fully saturated rings. The first-order valence-electron chi connectivity index (χ1n) is 6.68. The summed E-state index contributed by atoms with van der Waals surface area (Å²) in [5, 5.41) is 0.809. The van der Waals surface area contributed by atoms with E-state index in [2.05, 4.69) is 29.8 Å². The summed E-state index contributed by atoms with van der Waals surface area (Å²) in [6.07, 6.45) is 4.19. The summed E-state index contributed by atoms with van der Waals surface area (Å²) < 4.78 is 5.43. The molecule has 1 saturated heterocycles. The third-order valence-corrected chi connectivity index (χ3v) is 4.06. The van der Waals surface area contributed by atoms with Crippen LogP contribution >= 0.6 is 15.9 Å². The summed E-state index contributed by atoms with van der Waals surface area (Å²) in [7, 11) is 0. The van der Waals surface area contributed by atoms with Crippen molar-refractivity contribution in [3.8, 4) is 0 Å². The summed E-state index contributed by atoms with van der Waals surface area (Å²) in [5.41, 5.74) is 0. The second-order valence-corrected chi connectivity index (χ2v) is 5.34. The van der Waals surface area contributed by atoms with E-state index in [-0.39, 0.29) is 12.0 Å². The number of rotatable bonds is 6. The molecule has 0 N–H and O–H groups in total. The van der Waals surface area contributed by atoms with Crippen LogP contribution in [-0.2, 0) is 9.53 Å². The average molecular weight is 306 g/mol. The van der Waals surface area contributed by atoms with Gasteiger partial charge in [-0.1, -0.05) is 42.6 Å². The van der Waals surface area contributed by atoms with Gasteiger partial charge in [-0.25, -0.2) is 0 Å². The minimum atomic E-state index is 0.213. The summed E-state index contributed by atoms with van der Waals surface area (Å²) in [6, 6.07) is 0.215. The van der Waals surface area contributed by atoms with Gasteiger partial charge in [0.2, 0.25) is 5.91 Å². The number of nitrogens with zero attached hydrogens (tertiary/aromatic N) is 1. The molecule has 0 aromatic rings. The minimum Gasteiger partial charge on any atom is -0.377 e. The van der Waals surface area contributed by atoms with Gasteiger partial charge < -0.3 is 9.64 Å². The maximum absolute atomic E-state index is 12.5. The highest BCUT2D eigenvalue weighted by atomic mass is 79.9. The molecule has 1 heterocycles. The van der Waals surface area contributed by atoms with Gasteiger partial charge in [-0.2, -0.15) is 0 Å². The van der Waals surface area contributed by atoms with Crippen molar-refractivity contribution in [2.24, 2.45) is 5.92 Å². The summed E-state index contributed by atoms with van der Waals surface area (Å²) in [6.45, 7) is 6.40. The Kier molecular flexibility index (Phi) is 7.12. The Hall–Kier alpha value is -0.0900. The molecule has 0 aromatic heterocycles. The van der Waals surface area contributed by atoms with Gasteiger partial charge in [-0.05, 0) is 12.8 Å². The van der Waals surface area contributed by atoms with Crippen LogP contribution in [0.5, 0.6) is 0 Å². The number of morpholine rings is 1. The van der Waals surface area contributed by atoms with Crippen molar-refractivity contribution < 1.29 is 9.53 Å². The second kappa shape index (κ2) is 8.09. The predicted molar refractivity (Wildman–Crippen MR) is 73.4 cm³/mol. The smallest absolute Gasteiger partial charge is 0.226 e. The Morgan fingerprint density at radius 2 is 2.06 bits per heavy atom. The molecule has 1 unspecified atom stereocenters. The number of carbonyl (C=O) groups is 1. The van der Waals surface area contributed by atoms with Crippen LogP contribution in [-0.4, -0.2) is 41.9 Å². The molecular formula is C13H24BrNO2. The van der Waals surface area contributed by atoms with Crippen molar-refractivity contribution in [3.63, 3.8) is 0 Å². The van der Waals surface area contributed by atoms with Crippen LogP contribution in [0.15, 0.2) is 0 Å². The third kappa shape index (κ3) is 4.25. The lowest BCUT2D eigenvalue weighted by Crippen LogP contribution is -2.51. The summed E-state index contributed by atoms with van der Waals surface area (Å²) in [4.78, 5) is 14.5. The molecule has 0 saturated carbocycles. The van der Waals surface area contributed by atoms with Gasteiger partial charge in [-0.15, -0.1) is 0 Å². The molecular weight excluding hydrogens is 282 g/mol. The van der Waals surface area contributed by atoms with Crippen LogP contribution in [0.2, 0.25) is 0 Å². The van der Waals surface area contributed by atoms with Gasteiger partial charge in [-0.3, -0.25) is 4.79 Å². The molecule has 0 aromatic carbocycles. The van der Waals surface area contributed by atoms with Crippen molar-refractivity contribution in [1.82, 2.24) is 4.90 Å². The molecule has 1 amide bonds. The summed E-state index contributed by atoms with van der Waals surface area (Å²) >= 11 is 3.47. The Labute approximate surface area is 113 Å². The van der Waals surface area contributed by atoms with Crippen molar-refractivity contribution >= 4 is 21.8 Å². The van der Waals surface area contributed by atoms with E-state index in [0.717, 1.165) is 37.6 Å². The number of carbonyl (C=O) groups excluding carboxylic acids is 1. The minimum absolute atomic E-state index is 0.213. The number of amides is 1. The third-order valence-electron chi connectivity index (χ3n) is 3.31. The van der Waals surface area contributed by atoms with Crippen molar-refractivity contribution in [1.29, 1.82) is 0 Å². The van der Waals surface area contributed by atoms with E-state index in [0.29, 0.717) is 19.1 Å². The zero-order valence-corrected chi connectivity index (χ0v) is 12.5. The first kappa shape index (κ1) is 15.0. The molecule has 0 spiro atoms. The van der Waals surface area contributed by atoms with E-state index in [9.17, 15) is 4.79 Å². The fraction of sp³-hybridized carbons (Fsp3) is 0.923. The fourth-order valence-electron chi connectivity index (χ4n) is 2.40. The summed E-state index contributed by atoms with van der Waals surface area (Å²) in [5.74, 6) is 0.547. The number of halogens is 1. The zero-order chi connectivity index (χ0) is 12.7. The number of ether oxygens (including phenoxy) is 1. The van der Waals surface area contributed by atoms with Gasteiger partial charge in [0, 0.05) is 17.8 Å². The van der Waals surface area contributed by atoms with E-state index < -0.39 is 0 Å². The average Bonchev–Trinajstić information content (AvgIpc) is 2.37. The molecule has 1 rings (SSSR count). The lowest BCUT2D eigenvalue weighted by atomic mass is 9.96. The molecule has 0 bridgehead atoms. The lowest BCUT2D eigenvalue weighted by Gasteiger charge is -2.37. The normalized spacial score (nSPS) is 20.9. The monoisotopic (exact) mass is 305 g/mol. The van der Waals surface area contributed by atoms with Gasteiger partial charge >= 0.3 is 0 Å². The molecule has 3 nitrogen and oxygen atoms in total. The maximum atomic E-state index is 12.5.